The van der Waals surface area contributed by atoms with Gasteiger partial charge in [-0.2, -0.15) is 0 Å². The summed E-state index contributed by atoms with van der Waals surface area (Å²) in [7, 11) is 1.69. The standard InChI is InChI=1S/C30H46N6O4/c1-23(2)36-20-26-19-24(7-9-27(26)40-17-6-4-5-13-31-28(37)21-36)8-10-29(38)34-14-11-25(12-15-34)30-33-32-22-35(30)16-18-39-3/h7,9,19,22-23,25H,4-6,8,10-18,20-21H2,1-3H3,(H,31,37). The zero-order valence-corrected chi connectivity index (χ0v) is 24.4. The number of rotatable bonds is 8. The van der Waals surface area contributed by atoms with Crippen LogP contribution in [-0.2, 0) is 33.8 Å². The van der Waals surface area contributed by atoms with Gasteiger partial charge in [0.05, 0.1) is 19.8 Å². The van der Waals surface area contributed by atoms with Crippen molar-refractivity contribution in [2.24, 2.45) is 0 Å². The molecule has 2 amide bonds. The van der Waals surface area contributed by atoms with E-state index in [1.165, 1.54) is 0 Å². The number of nitrogens with one attached hydrogen (secondary N) is 1. The highest BCUT2D eigenvalue weighted by Crippen LogP contribution is 2.28. The Hall–Kier alpha value is -2.98. The van der Waals surface area contributed by atoms with E-state index in [9.17, 15) is 9.59 Å². The van der Waals surface area contributed by atoms with Gasteiger partial charge in [-0.25, -0.2) is 0 Å². The van der Waals surface area contributed by atoms with Crippen LogP contribution in [0.15, 0.2) is 24.5 Å². The minimum atomic E-state index is 0.0659. The van der Waals surface area contributed by atoms with Crippen LogP contribution < -0.4 is 10.1 Å². The normalized spacial score (nSPS) is 18.3. The lowest BCUT2D eigenvalue weighted by molar-refractivity contribution is -0.132. The van der Waals surface area contributed by atoms with Crippen molar-refractivity contribution >= 4 is 11.8 Å². The molecule has 220 valence electrons. The van der Waals surface area contributed by atoms with Crippen LogP contribution in [0, 0.1) is 0 Å². The Morgan fingerprint density at radius 3 is 2.77 bits per heavy atom. The molecule has 0 aliphatic carbocycles. The molecule has 0 radical (unpaired) electrons. The molecular weight excluding hydrogens is 508 g/mol. The van der Waals surface area contributed by atoms with Gasteiger partial charge in [-0.15, -0.1) is 10.2 Å². The number of ether oxygens (including phenoxy) is 2. The SMILES string of the molecule is COCCn1cnnc1C1CCN(C(=O)CCc2ccc3c(c2)CN(C(C)C)CC(=O)NCCCCCO3)CC1. The van der Waals surface area contributed by atoms with E-state index < -0.39 is 0 Å². The van der Waals surface area contributed by atoms with Crippen molar-refractivity contribution in [3.63, 3.8) is 0 Å². The average Bonchev–Trinajstić information content (AvgIpc) is 3.43. The maximum Gasteiger partial charge on any atom is 0.234 e. The van der Waals surface area contributed by atoms with E-state index in [4.69, 9.17) is 9.47 Å². The van der Waals surface area contributed by atoms with Crippen LogP contribution in [-0.4, -0.2) is 88.9 Å². The molecule has 0 spiro atoms. The van der Waals surface area contributed by atoms with Gasteiger partial charge in [-0.3, -0.25) is 14.5 Å². The summed E-state index contributed by atoms with van der Waals surface area (Å²) in [5.41, 5.74) is 2.19. The summed E-state index contributed by atoms with van der Waals surface area (Å²) in [6.07, 6.45) is 7.66. The van der Waals surface area contributed by atoms with E-state index >= 15 is 0 Å². The number of fused-ring (bicyclic) bond motifs is 1. The van der Waals surface area contributed by atoms with Crippen LogP contribution in [0.5, 0.6) is 5.75 Å². The number of methoxy groups -OCH3 is 1. The van der Waals surface area contributed by atoms with Crippen LogP contribution in [0.25, 0.3) is 0 Å². The molecule has 10 heteroatoms. The number of piperidine rings is 1. The molecule has 2 aliphatic heterocycles. The van der Waals surface area contributed by atoms with E-state index in [0.29, 0.717) is 51.6 Å². The van der Waals surface area contributed by atoms with Gasteiger partial charge in [0.15, 0.2) is 0 Å². The molecule has 0 saturated carbocycles. The Bertz CT molecular complexity index is 1100. The smallest absolute Gasteiger partial charge is 0.234 e. The minimum Gasteiger partial charge on any atom is -0.493 e. The predicted octanol–water partition coefficient (Wildman–Crippen LogP) is 3.15. The Morgan fingerprint density at radius 1 is 1.18 bits per heavy atom. The first-order chi connectivity index (χ1) is 19.4. The molecule has 2 aliphatic rings. The molecule has 2 aromatic rings. The predicted molar refractivity (Wildman–Crippen MR) is 153 cm³/mol. The van der Waals surface area contributed by atoms with Gasteiger partial charge in [0.2, 0.25) is 11.8 Å². The highest BCUT2D eigenvalue weighted by molar-refractivity contribution is 5.78. The number of carbonyl (C=O) groups is 2. The van der Waals surface area contributed by atoms with Crippen molar-refractivity contribution in [1.29, 1.82) is 0 Å². The molecule has 1 N–H and O–H groups in total. The lowest BCUT2D eigenvalue weighted by atomic mass is 9.95. The van der Waals surface area contributed by atoms with E-state index in [2.05, 4.69) is 51.0 Å². The number of hydrogen-bond acceptors (Lipinski definition) is 7. The highest BCUT2D eigenvalue weighted by Gasteiger charge is 2.27. The van der Waals surface area contributed by atoms with E-state index in [0.717, 1.165) is 74.4 Å². The van der Waals surface area contributed by atoms with Gasteiger partial charge in [0.25, 0.3) is 0 Å². The summed E-state index contributed by atoms with van der Waals surface area (Å²) in [5.74, 6) is 2.44. The number of aryl methyl sites for hydroxylation is 1. The third-order valence-electron chi connectivity index (χ3n) is 8.00. The number of amides is 2. The summed E-state index contributed by atoms with van der Waals surface area (Å²) in [4.78, 5) is 29.8. The highest BCUT2D eigenvalue weighted by atomic mass is 16.5. The molecule has 0 unspecified atom stereocenters. The molecule has 1 saturated heterocycles. The fraction of sp³-hybridized carbons (Fsp3) is 0.667. The van der Waals surface area contributed by atoms with Crippen LogP contribution >= 0.6 is 0 Å². The van der Waals surface area contributed by atoms with E-state index in [1.54, 1.807) is 13.4 Å². The third kappa shape index (κ3) is 8.51. The van der Waals surface area contributed by atoms with E-state index in [-0.39, 0.29) is 17.9 Å². The van der Waals surface area contributed by atoms with Crippen molar-refractivity contribution in [1.82, 2.24) is 29.9 Å². The van der Waals surface area contributed by atoms with Gasteiger partial charge in [-0.1, -0.05) is 12.1 Å². The van der Waals surface area contributed by atoms with Crippen molar-refractivity contribution in [3.8, 4) is 5.75 Å². The molecule has 40 heavy (non-hydrogen) atoms. The Kier molecular flexibility index (Phi) is 11.3. The number of carbonyl (C=O) groups excluding carboxylic acids is 2. The largest absolute Gasteiger partial charge is 0.493 e. The minimum absolute atomic E-state index is 0.0659. The van der Waals surface area contributed by atoms with Crippen molar-refractivity contribution in [2.75, 3.05) is 46.5 Å². The fourth-order valence-corrected chi connectivity index (χ4v) is 5.49. The Balaban J connectivity index is 1.35. The van der Waals surface area contributed by atoms with E-state index in [1.807, 2.05) is 11.0 Å². The molecule has 1 aromatic carbocycles. The van der Waals surface area contributed by atoms with Crippen molar-refractivity contribution in [3.05, 3.63) is 41.5 Å². The molecular formula is C30H46N6O4. The zero-order valence-electron chi connectivity index (χ0n) is 24.4. The monoisotopic (exact) mass is 554 g/mol. The maximum atomic E-state index is 13.1. The average molecular weight is 555 g/mol. The molecule has 0 bridgehead atoms. The van der Waals surface area contributed by atoms with Crippen LogP contribution in [0.4, 0.5) is 0 Å². The Labute approximate surface area is 238 Å². The zero-order chi connectivity index (χ0) is 28.3. The van der Waals surface area contributed by atoms with Crippen molar-refractivity contribution < 1.29 is 19.1 Å². The van der Waals surface area contributed by atoms with Gasteiger partial charge in [0.1, 0.15) is 17.9 Å². The second kappa shape index (κ2) is 15.1. The number of hydrogen-bond donors (Lipinski definition) is 1. The van der Waals surface area contributed by atoms with Gasteiger partial charge < -0.3 is 24.3 Å². The van der Waals surface area contributed by atoms with Crippen LogP contribution in [0.3, 0.4) is 0 Å². The summed E-state index contributed by atoms with van der Waals surface area (Å²) >= 11 is 0. The molecule has 1 aromatic heterocycles. The topological polar surface area (TPSA) is 102 Å². The molecule has 1 fully saturated rings. The Morgan fingerprint density at radius 2 is 2.00 bits per heavy atom. The summed E-state index contributed by atoms with van der Waals surface area (Å²) in [6, 6.07) is 6.49. The first kappa shape index (κ1) is 30.0. The number of benzene rings is 1. The summed E-state index contributed by atoms with van der Waals surface area (Å²) in [6.45, 7) is 9.44. The molecule has 4 rings (SSSR count). The second-order valence-corrected chi connectivity index (χ2v) is 11.2. The maximum absolute atomic E-state index is 13.1. The quantitative estimate of drug-likeness (QED) is 0.535. The van der Waals surface area contributed by atoms with Crippen molar-refractivity contribution in [2.45, 2.75) is 83.8 Å². The number of nitrogens with zero attached hydrogens (tertiary/aromatic N) is 5. The molecule has 10 nitrogen and oxygen atoms in total. The third-order valence-corrected chi connectivity index (χ3v) is 8.00. The molecule has 3 heterocycles. The van der Waals surface area contributed by atoms with Gasteiger partial charge in [-0.05, 0) is 64.0 Å². The first-order valence-electron chi connectivity index (χ1n) is 14.8. The fourth-order valence-electron chi connectivity index (χ4n) is 5.49. The van der Waals surface area contributed by atoms with Crippen LogP contribution in [0.1, 0.15) is 75.2 Å². The van der Waals surface area contributed by atoms with Gasteiger partial charge in [0, 0.05) is 63.8 Å². The second-order valence-electron chi connectivity index (χ2n) is 11.2. The lowest BCUT2D eigenvalue weighted by Crippen LogP contribution is -2.40. The molecule has 0 atom stereocenters. The lowest BCUT2D eigenvalue weighted by Gasteiger charge is -2.31. The summed E-state index contributed by atoms with van der Waals surface area (Å²) < 4.78 is 13.4. The van der Waals surface area contributed by atoms with Gasteiger partial charge >= 0.3 is 0 Å². The van der Waals surface area contributed by atoms with Crippen LogP contribution in [0.2, 0.25) is 0 Å². The number of likely N-dealkylation sites (tertiary alicyclic amines) is 1. The number of aromatic nitrogens is 3. The summed E-state index contributed by atoms with van der Waals surface area (Å²) in [5, 5.41) is 11.5. The first-order valence-corrected chi connectivity index (χ1v) is 14.8.